The molecular formula is C9H17N3O5. The van der Waals surface area contributed by atoms with Crippen LogP contribution in [0.4, 0.5) is 4.79 Å². The van der Waals surface area contributed by atoms with Gasteiger partial charge in [-0.1, -0.05) is 0 Å². The molecule has 0 aliphatic carbocycles. The van der Waals surface area contributed by atoms with E-state index >= 15 is 0 Å². The Kier molecular flexibility index (Phi) is 5.39. The van der Waals surface area contributed by atoms with Crippen molar-refractivity contribution in [3.63, 3.8) is 0 Å². The van der Waals surface area contributed by atoms with E-state index in [0.29, 0.717) is 0 Å². The largest absolute Gasteiger partial charge is 0.480 e. The van der Waals surface area contributed by atoms with E-state index in [0.717, 1.165) is 0 Å². The molecule has 0 saturated heterocycles. The number of carboxylic acids is 1. The van der Waals surface area contributed by atoms with Gasteiger partial charge in [0.2, 0.25) is 5.91 Å². The van der Waals surface area contributed by atoms with Crippen molar-refractivity contribution in [2.45, 2.75) is 31.8 Å². The lowest BCUT2D eigenvalue weighted by molar-refractivity contribution is -0.139. The van der Waals surface area contributed by atoms with Crippen LogP contribution in [0.1, 0.15) is 20.3 Å². The number of hydrogen-bond donors (Lipinski definition) is 5. The van der Waals surface area contributed by atoms with E-state index in [9.17, 15) is 14.4 Å². The van der Waals surface area contributed by atoms with Crippen LogP contribution in [0, 0.1) is 0 Å². The summed E-state index contributed by atoms with van der Waals surface area (Å²) < 4.78 is 0. The van der Waals surface area contributed by atoms with Gasteiger partial charge in [0.15, 0.2) is 0 Å². The molecular weight excluding hydrogens is 230 g/mol. The first-order valence-electron chi connectivity index (χ1n) is 4.93. The molecule has 0 spiro atoms. The zero-order chi connectivity index (χ0) is 13.6. The fourth-order valence-electron chi connectivity index (χ4n) is 0.926. The summed E-state index contributed by atoms with van der Waals surface area (Å²) in [5.41, 5.74) is 3.74. The molecule has 0 radical (unpaired) electrons. The number of carboxylic acid groups (broad SMARTS) is 1. The van der Waals surface area contributed by atoms with Crippen molar-refractivity contribution in [3.8, 4) is 0 Å². The van der Waals surface area contributed by atoms with Gasteiger partial charge in [0.05, 0.1) is 0 Å². The van der Waals surface area contributed by atoms with Gasteiger partial charge in [0, 0.05) is 13.0 Å². The number of aliphatic hydroxyl groups excluding tert-OH is 1. The number of amides is 3. The highest BCUT2D eigenvalue weighted by atomic mass is 16.4. The number of nitrogens with one attached hydrogen (secondary N) is 2. The van der Waals surface area contributed by atoms with E-state index in [1.54, 1.807) is 0 Å². The fourth-order valence-corrected chi connectivity index (χ4v) is 0.926. The maximum Gasteiger partial charge on any atom is 0.326 e. The number of hydrogen-bond acceptors (Lipinski definition) is 4. The number of nitrogens with two attached hydrogens (primary N) is 1. The van der Waals surface area contributed by atoms with Gasteiger partial charge in [-0.05, 0) is 13.8 Å². The maximum absolute atomic E-state index is 11.4. The van der Waals surface area contributed by atoms with Crippen molar-refractivity contribution in [1.82, 2.24) is 10.6 Å². The Morgan fingerprint density at radius 1 is 1.35 bits per heavy atom. The summed E-state index contributed by atoms with van der Waals surface area (Å²) in [4.78, 5) is 33.0. The minimum Gasteiger partial charge on any atom is -0.480 e. The number of carbonyl (C=O) groups excluding carboxylic acids is 2. The Bertz CT molecular complexity index is 316. The first-order chi connectivity index (χ1) is 7.70. The van der Waals surface area contributed by atoms with Gasteiger partial charge in [-0.25, -0.2) is 9.59 Å². The standard InChI is InChI=1S/C9H17N3O5/c1-9(2,7(10)16)12-8(17)11-5(3-4-13)6(14)15/h5,13H,3-4H2,1-2H3,(H2,10,16)(H,14,15)(H2,11,12,17)/t5-/m1/s1. The molecule has 0 fully saturated rings. The SMILES string of the molecule is CC(C)(NC(=O)N[C@H](CCO)C(=O)O)C(N)=O. The molecule has 17 heavy (non-hydrogen) atoms. The lowest BCUT2D eigenvalue weighted by atomic mass is 10.1. The molecule has 0 unspecified atom stereocenters. The summed E-state index contributed by atoms with van der Waals surface area (Å²) in [6, 6.07) is -2.06. The second kappa shape index (κ2) is 6.04. The van der Waals surface area contributed by atoms with E-state index < -0.39 is 29.5 Å². The number of primary amides is 1. The molecule has 0 heterocycles. The number of aliphatic carboxylic acids is 1. The van der Waals surface area contributed by atoms with Crippen LogP contribution in [-0.2, 0) is 9.59 Å². The van der Waals surface area contributed by atoms with Crippen molar-refractivity contribution in [3.05, 3.63) is 0 Å². The zero-order valence-electron chi connectivity index (χ0n) is 9.69. The van der Waals surface area contributed by atoms with Gasteiger partial charge < -0.3 is 26.6 Å². The quantitative estimate of drug-likeness (QED) is 0.383. The van der Waals surface area contributed by atoms with Gasteiger partial charge in [-0.15, -0.1) is 0 Å². The van der Waals surface area contributed by atoms with Gasteiger partial charge in [-0.2, -0.15) is 0 Å². The Balaban J connectivity index is 4.43. The lowest BCUT2D eigenvalue weighted by Crippen LogP contribution is -2.58. The monoisotopic (exact) mass is 247 g/mol. The number of rotatable bonds is 6. The fraction of sp³-hybridized carbons (Fsp3) is 0.667. The van der Waals surface area contributed by atoms with Crippen molar-refractivity contribution in [2.75, 3.05) is 6.61 Å². The highest BCUT2D eigenvalue weighted by Crippen LogP contribution is 2.00. The molecule has 8 nitrogen and oxygen atoms in total. The molecule has 0 saturated carbocycles. The molecule has 0 aromatic carbocycles. The van der Waals surface area contributed by atoms with E-state index in [1.807, 2.05) is 0 Å². The molecule has 0 aromatic rings. The molecule has 98 valence electrons. The molecule has 3 amide bonds. The Morgan fingerprint density at radius 2 is 1.88 bits per heavy atom. The maximum atomic E-state index is 11.4. The first-order valence-corrected chi connectivity index (χ1v) is 4.93. The zero-order valence-corrected chi connectivity index (χ0v) is 9.69. The number of aliphatic hydroxyl groups is 1. The highest BCUT2D eigenvalue weighted by molar-refractivity contribution is 5.90. The van der Waals surface area contributed by atoms with Gasteiger partial charge in [0.1, 0.15) is 11.6 Å². The molecule has 0 aromatic heterocycles. The highest BCUT2D eigenvalue weighted by Gasteiger charge is 2.28. The Hall–Kier alpha value is -1.83. The molecule has 0 aliphatic rings. The van der Waals surface area contributed by atoms with Crippen molar-refractivity contribution in [2.24, 2.45) is 5.73 Å². The summed E-state index contributed by atoms with van der Waals surface area (Å²) in [5, 5.41) is 21.7. The third-order valence-electron chi connectivity index (χ3n) is 2.06. The van der Waals surface area contributed by atoms with Crippen molar-refractivity contribution in [1.29, 1.82) is 0 Å². The summed E-state index contributed by atoms with van der Waals surface area (Å²) >= 11 is 0. The predicted molar refractivity (Wildman–Crippen MR) is 58.1 cm³/mol. The van der Waals surface area contributed by atoms with Crippen LogP contribution in [0.25, 0.3) is 0 Å². The van der Waals surface area contributed by atoms with Crippen LogP contribution in [-0.4, -0.2) is 46.3 Å². The second-order valence-electron chi connectivity index (χ2n) is 3.99. The third-order valence-corrected chi connectivity index (χ3v) is 2.06. The van der Waals surface area contributed by atoms with E-state index in [4.69, 9.17) is 15.9 Å². The van der Waals surface area contributed by atoms with Gasteiger partial charge >= 0.3 is 12.0 Å². The Labute approximate surface area is 98.2 Å². The third kappa shape index (κ3) is 5.16. The predicted octanol–water partition coefficient (Wildman–Crippen LogP) is -1.61. The van der Waals surface area contributed by atoms with Crippen LogP contribution in [0.2, 0.25) is 0 Å². The topological polar surface area (TPSA) is 142 Å². The minimum atomic E-state index is -1.29. The van der Waals surface area contributed by atoms with Crippen LogP contribution in [0.15, 0.2) is 0 Å². The van der Waals surface area contributed by atoms with E-state index in [-0.39, 0.29) is 13.0 Å². The van der Waals surface area contributed by atoms with Crippen LogP contribution in [0.5, 0.6) is 0 Å². The Morgan fingerprint density at radius 3 is 2.24 bits per heavy atom. The van der Waals surface area contributed by atoms with Crippen LogP contribution < -0.4 is 16.4 Å². The summed E-state index contributed by atoms with van der Waals surface area (Å²) in [7, 11) is 0. The minimum absolute atomic E-state index is 0.125. The molecule has 8 heteroatoms. The smallest absolute Gasteiger partial charge is 0.326 e. The van der Waals surface area contributed by atoms with Gasteiger partial charge in [-0.3, -0.25) is 4.79 Å². The summed E-state index contributed by atoms with van der Waals surface area (Å²) in [5.74, 6) is -2.02. The summed E-state index contributed by atoms with van der Waals surface area (Å²) in [6.07, 6.45) is -0.125. The van der Waals surface area contributed by atoms with Crippen LogP contribution in [0.3, 0.4) is 0 Å². The molecule has 0 aliphatic heterocycles. The average molecular weight is 247 g/mol. The van der Waals surface area contributed by atoms with Crippen molar-refractivity contribution < 1.29 is 24.6 Å². The number of urea groups is 1. The molecule has 6 N–H and O–H groups in total. The molecule has 0 rings (SSSR count). The van der Waals surface area contributed by atoms with E-state index in [1.165, 1.54) is 13.8 Å². The molecule has 0 bridgehead atoms. The second-order valence-corrected chi connectivity index (χ2v) is 3.99. The molecule has 1 atom stereocenters. The van der Waals surface area contributed by atoms with E-state index in [2.05, 4.69) is 10.6 Å². The van der Waals surface area contributed by atoms with Gasteiger partial charge in [0.25, 0.3) is 0 Å². The normalized spacial score (nSPS) is 12.6. The average Bonchev–Trinajstić information content (AvgIpc) is 2.15. The summed E-state index contributed by atoms with van der Waals surface area (Å²) in [6.45, 7) is 2.39. The number of carbonyl (C=O) groups is 3. The first kappa shape index (κ1) is 15.2. The van der Waals surface area contributed by atoms with Crippen LogP contribution >= 0.6 is 0 Å². The van der Waals surface area contributed by atoms with Crippen molar-refractivity contribution >= 4 is 17.9 Å². The lowest BCUT2D eigenvalue weighted by Gasteiger charge is -2.23.